The number of likely N-dealkylation sites (tertiary alicyclic amines) is 1. The maximum atomic E-state index is 13.0. The lowest BCUT2D eigenvalue weighted by Gasteiger charge is -2.37. The van der Waals surface area contributed by atoms with Crippen LogP contribution < -0.4 is 5.32 Å². The first-order valence-electron chi connectivity index (χ1n) is 12.1. The molecule has 0 aromatic heterocycles. The lowest BCUT2D eigenvalue weighted by molar-refractivity contribution is -0.126. The zero-order valence-corrected chi connectivity index (χ0v) is 19.0. The quantitative estimate of drug-likeness (QED) is 0.701. The van der Waals surface area contributed by atoms with Crippen molar-refractivity contribution in [3.05, 3.63) is 35.9 Å². The van der Waals surface area contributed by atoms with Crippen molar-refractivity contribution in [1.29, 1.82) is 0 Å². The molecule has 6 heteroatoms. The summed E-state index contributed by atoms with van der Waals surface area (Å²) in [6, 6.07) is 10.8. The number of morpholine rings is 1. The Kier molecular flexibility index (Phi) is 7.64. The molecular weight excluding hydrogens is 390 g/mol. The largest absolute Gasteiger partial charge is 0.391 e. The lowest BCUT2D eigenvalue weighted by atomic mass is 9.74. The molecule has 3 fully saturated rings. The summed E-state index contributed by atoms with van der Waals surface area (Å²) in [5.41, 5.74) is 1.16. The summed E-state index contributed by atoms with van der Waals surface area (Å²) in [6.07, 6.45) is 5.31. The summed E-state index contributed by atoms with van der Waals surface area (Å²) in [4.78, 5) is 17.7. The van der Waals surface area contributed by atoms with Gasteiger partial charge in [-0.25, -0.2) is 0 Å². The normalized spacial score (nSPS) is 33.5. The third-order valence-corrected chi connectivity index (χ3v) is 7.78. The number of amides is 1. The molecule has 1 aromatic carbocycles. The molecule has 2 heterocycles. The first-order valence-corrected chi connectivity index (χ1v) is 12.1. The fourth-order valence-corrected chi connectivity index (χ4v) is 5.83. The number of rotatable bonds is 5. The molecule has 2 saturated heterocycles. The van der Waals surface area contributed by atoms with E-state index in [-0.39, 0.29) is 29.4 Å². The molecule has 172 valence electrons. The fraction of sp³-hybridized carbons (Fsp3) is 0.720. The number of hydrogen-bond donors (Lipinski definition) is 2. The van der Waals surface area contributed by atoms with Gasteiger partial charge in [0.25, 0.3) is 0 Å². The maximum absolute atomic E-state index is 13.0. The molecule has 0 spiro atoms. The summed E-state index contributed by atoms with van der Waals surface area (Å²) in [5, 5.41) is 14.4. The van der Waals surface area contributed by atoms with Crippen molar-refractivity contribution in [3.63, 3.8) is 0 Å². The van der Waals surface area contributed by atoms with Gasteiger partial charge in [0, 0.05) is 37.6 Å². The molecular formula is C25H39N3O3. The van der Waals surface area contributed by atoms with Gasteiger partial charge >= 0.3 is 0 Å². The second kappa shape index (κ2) is 10.4. The van der Waals surface area contributed by atoms with E-state index in [4.69, 9.17) is 4.74 Å². The highest BCUT2D eigenvalue weighted by atomic mass is 16.5. The lowest BCUT2D eigenvalue weighted by Crippen LogP contribution is -2.48. The molecule has 0 bridgehead atoms. The number of hydrogen-bond acceptors (Lipinski definition) is 5. The maximum Gasteiger partial charge on any atom is 0.224 e. The van der Waals surface area contributed by atoms with Crippen molar-refractivity contribution in [2.75, 3.05) is 53.0 Å². The highest BCUT2D eigenvalue weighted by Crippen LogP contribution is 2.39. The minimum atomic E-state index is -0.327. The van der Waals surface area contributed by atoms with Gasteiger partial charge in [0.1, 0.15) is 0 Å². The molecule has 0 radical (unpaired) electrons. The first-order chi connectivity index (χ1) is 15.1. The molecule has 4 atom stereocenters. The third-order valence-electron chi connectivity index (χ3n) is 7.78. The van der Waals surface area contributed by atoms with Crippen LogP contribution >= 0.6 is 0 Å². The summed E-state index contributed by atoms with van der Waals surface area (Å²) in [6.45, 7) is 5.87. The van der Waals surface area contributed by atoms with Gasteiger partial charge in [-0.15, -0.1) is 0 Å². The van der Waals surface area contributed by atoms with Gasteiger partial charge in [-0.1, -0.05) is 30.3 Å². The van der Waals surface area contributed by atoms with E-state index in [0.717, 1.165) is 77.9 Å². The number of carbonyl (C=O) groups excluding carboxylic acids is 1. The average molecular weight is 430 g/mol. The monoisotopic (exact) mass is 429 g/mol. The van der Waals surface area contributed by atoms with Crippen LogP contribution in [-0.4, -0.2) is 85.9 Å². The van der Waals surface area contributed by atoms with Crippen molar-refractivity contribution in [2.45, 2.75) is 56.1 Å². The molecule has 2 N–H and O–H groups in total. The van der Waals surface area contributed by atoms with Crippen LogP contribution in [0.5, 0.6) is 0 Å². The molecule has 1 amide bonds. The zero-order chi connectivity index (χ0) is 21.7. The molecule has 0 unspecified atom stereocenters. The topological polar surface area (TPSA) is 65.0 Å². The highest BCUT2D eigenvalue weighted by molar-refractivity contribution is 5.79. The summed E-state index contributed by atoms with van der Waals surface area (Å²) < 4.78 is 5.52. The van der Waals surface area contributed by atoms with Gasteiger partial charge in [-0.05, 0) is 57.7 Å². The Morgan fingerprint density at radius 3 is 2.61 bits per heavy atom. The van der Waals surface area contributed by atoms with Crippen molar-refractivity contribution in [2.24, 2.45) is 5.92 Å². The predicted octanol–water partition coefficient (Wildman–Crippen LogP) is 2.02. The van der Waals surface area contributed by atoms with E-state index in [0.29, 0.717) is 6.54 Å². The smallest absolute Gasteiger partial charge is 0.224 e. The SMILES string of the molecule is CN1CCC[C@@H](C(=O)NC[C@]2(c3ccccc3)CC[C@H](O)[C@@H](N3CCOCC3)CC2)C1. The Hall–Kier alpha value is -1.47. The van der Waals surface area contributed by atoms with E-state index in [2.05, 4.69) is 52.5 Å². The van der Waals surface area contributed by atoms with Crippen LogP contribution in [0.15, 0.2) is 30.3 Å². The number of piperidine rings is 1. The second-order valence-corrected chi connectivity index (χ2v) is 9.83. The Morgan fingerprint density at radius 2 is 1.87 bits per heavy atom. The fourth-order valence-electron chi connectivity index (χ4n) is 5.83. The van der Waals surface area contributed by atoms with Crippen LogP contribution in [0, 0.1) is 5.92 Å². The molecule has 3 aliphatic rings. The van der Waals surface area contributed by atoms with E-state index < -0.39 is 0 Å². The van der Waals surface area contributed by atoms with E-state index in [9.17, 15) is 9.90 Å². The van der Waals surface area contributed by atoms with E-state index in [1.807, 2.05) is 0 Å². The highest BCUT2D eigenvalue weighted by Gasteiger charge is 2.40. The van der Waals surface area contributed by atoms with E-state index in [1.165, 1.54) is 5.56 Å². The summed E-state index contributed by atoms with van der Waals surface area (Å²) >= 11 is 0. The predicted molar refractivity (Wildman–Crippen MR) is 122 cm³/mol. The number of nitrogens with zero attached hydrogens (tertiary/aromatic N) is 2. The Bertz CT molecular complexity index is 709. The molecule has 31 heavy (non-hydrogen) atoms. The summed E-state index contributed by atoms with van der Waals surface area (Å²) in [5.74, 6) is 0.278. The molecule has 1 aromatic rings. The minimum absolute atomic E-state index is 0.0871. The van der Waals surface area contributed by atoms with Gasteiger partial charge in [-0.2, -0.15) is 0 Å². The van der Waals surface area contributed by atoms with Gasteiger partial charge in [0.15, 0.2) is 0 Å². The minimum Gasteiger partial charge on any atom is -0.391 e. The van der Waals surface area contributed by atoms with Crippen LogP contribution in [0.3, 0.4) is 0 Å². The number of aliphatic hydroxyl groups is 1. The van der Waals surface area contributed by atoms with E-state index in [1.54, 1.807) is 0 Å². The van der Waals surface area contributed by atoms with Gasteiger partial charge in [0.2, 0.25) is 5.91 Å². The second-order valence-electron chi connectivity index (χ2n) is 9.83. The van der Waals surface area contributed by atoms with Crippen molar-refractivity contribution in [1.82, 2.24) is 15.1 Å². The van der Waals surface area contributed by atoms with Gasteiger partial charge < -0.3 is 20.1 Å². The number of benzene rings is 1. The van der Waals surface area contributed by atoms with Crippen molar-refractivity contribution in [3.8, 4) is 0 Å². The van der Waals surface area contributed by atoms with Crippen LogP contribution in [0.2, 0.25) is 0 Å². The third kappa shape index (κ3) is 5.48. The van der Waals surface area contributed by atoms with Crippen LogP contribution in [0.1, 0.15) is 44.1 Å². The van der Waals surface area contributed by atoms with E-state index >= 15 is 0 Å². The number of nitrogens with one attached hydrogen (secondary N) is 1. The Labute approximate surface area is 186 Å². The van der Waals surface area contributed by atoms with Crippen LogP contribution in [0.4, 0.5) is 0 Å². The van der Waals surface area contributed by atoms with Crippen LogP contribution in [-0.2, 0) is 14.9 Å². The molecule has 6 nitrogen and oxygen atoms in total. The average Bonchev–Trinajstić information content (AvgIpc) is 2.98. The Balaban J connectivity index is 1.48. The molecule has 4 rings (SSSR count). The standard InChI is InChI=1S/C25H39N3O3/c1-27-13-5-6-20(18-27)24(30)26-19-25(21-7-3-2-4-8-21)11-9-22(23(29)10-12-25)28-14-16-31-17-15-28/h2-4,7-8,20,22-23,29H,5-6,9-19H2,1H3,(H,26,30)/t20-,22+,23+,25-/m1/s1. The zero-order valence-electron chi connectivity index (χ0n) is 19.0. The van der Waals surface area contributed by atoms with Crippen LogP contribution in [0.25, 0.3) is 0 Å². The number of aliphatic hydroxyl groups excluding tert-OH is 1. The van der Waals surface area contributed by atoms with Crippen molar-refractivity contribution < 1.29 is 14.6 Å². The van der Waals surface area contributed by atoms with Gasteiger partial charge in [-0.3, -0.25) is 9.69 Å². The molecule has 1 saturated carbocycles. The van der Waals surface area contributed by atoms with Crippen molar-refractivity contribution >= 4 is 5.91 Å². The Morgan fingerprint density at radius 1 is 1.13 bits per heavy atom. The number of carbonyl (C=O) groups is 1. The van der Waals surface area contributed by atoms with Gasteiger partial charge in [0.05, 0.1) is 25.2 Å². The summed E-state index contributed by atoms with van der Waals surface area (Å²) in [7, 11) is 2.10. The molecule has 2 aliphatic heterocycles. The molecule has 1 aliphatic carbocycles. The number of ether oxygens (including phenoxy) is 1. The first kappa shape index (κ1) is 22.7.